The number of aryl methyl sites for hydroxylation is 2. The van der Waals surface area contributed by atoms with E-state index in [1.165, 1.54) is 5.56 Å². The molecule has 0 atom stereocenters. The number of pyridine rings is 1. The van der Waals surface area contributed by atoms with Crippen molar-refractivity contribution in [3.63, 3.8) is 0 Å². The Morgan fingerprint density at radius 2 is 1.78 bits per heavy atom. The number of halogens is 1. The SMILES string of the molecule is Cc1cccc(-c2ccc3nc(-c4ccc(Cl)cc4)c(CCC(=O)NCC(C)C)n3c2)c1. The van der Waals surface area contributed by atoms with E-state index in [4.69, 9.17) is 16.6 Å². The summed E-state index contributed by atoms with van der Waals surface area (Å²) in [5.41, 5.74) is 7.27. The van der Waals surface area contributed by atoms with Crippen molar-refractivity contribution < 1.29 is 4.79 Å². The van der Waals surface area contributed by atoms with Crippen molar-refractivity contribution in [3.05, 3.63) is 83.1 Å². The van der Waals surface area contributed by atoms with E-state index in [0.717, 1.165) is 33.7 Å². The van der Waals surface area contributed by atoms with E-state index in [1.54, 1.807) is 0 Å². The van der Waals surface area contributed by atoms with Crippen molar-refractivity contribution >= 4 is 23.2 Å². The topological polar surface area (TPSA) is 46.4 Å². The summed E-state index contributed by atoms with van der Waals surface area (Å²) in [7, 11) is 0. The second-order valence-electron chi connectivity index (χ2n) is 8.63. The zero-order valence-corrected chi connectivity index (χ0v) is 19.5. The molecule has 0 aliphatic carbocycles. The Kier molecular flexibility index (Phi) is 6.61. The molecular weight excluding hydrogens is 418 g/mol. The van der Waals surface area contributed by atoms with Gasteiger partial charge in [0, 0.05) is 29.7 Å². The van der Waals surface area contributed by atoms with Gasteiger partial charge in [-0.3, -0.25) is 4.79 Å². The Balaban J connectivity index is 1.75. The third kappa shape index (κ3) is 5.03. The summed E-state index contributed by atoms with van der Waals surface area (Å²) in [5, 5.41) is 3.71. The maximum atomic E-state index is 12.4. The minimum absolute atomic E-state index is 0.0607. The number of carbonyl (C=O) groups excluding carboxylic acids is 1. The first-order valence-corrected chi connectivity index (χ1v) is 11.4. The number of aromatic nitrogens is 2. The highest BCUT2D eigenvalue weighted by atomic mass is 35.5. The zero-order valence-electron chi connectivity index (χ0n) is 18.7. The molecule has 0 aliphatic heterocycles. The highest BCUT2D eigenvalue weighted by Gasteiger charge is 2.16. The molecule has 5 heteroatoms. The first-order valence-electron chi connectivity index (χ1n) is 11.0. The van der Waals surface area contributed by atoms with Gasteiger partial charge in [-0.05, 0) is 54.7 Å². The van der Waals surface area contributed by atoms with Crippen LogP contribution in [0.25, 0.3) is 28.0 Å². The predicted molar refractivity (Wildman–Crippen MR) is 132 cm³/mol. The van der Waals surface area contributed by atoms with Crippen LogP contribution in [0.4, 0.5) is 0 Å². The largest absolute Gasteiger partial charge is 0.356 e. The molecule has 0 aliphatic rings. The fourth-order valence-corrected chi connectivity index (χ4v) is 3.93. The molecule has 4 aromatic rings. The van der Waals surface area contributed by atoms with Gasteiger partial charge in [-0.1, -0.05) is 67.4 Å². The molecule has 1 N–H and O–H groups in total. The molecule has 0 saturated heterocycles. The van der Waals surface area contributed by atoms with Gasteiger partial charge in [0.2, 0.25) is 5.91 Å². The highest BCUT2D eigenvalue weighted by molar-refractivity contribution is 6.30. The van der Waals surface area contributed by atoms with Gasteiger partial charge < -0.3 is 9.72 Å². The lowest BCUT2D eigenvalue weighted by Gasteiger charge is -2.10. The highest BCUT2D eigenvalue weighted by Crippen LogP contribution is 2.29. The normalized spacial score (nSPS) is 11.3. The Hall–Kier alpha value is -3.11. The average Bonchev–Trinajstić information content (AvgIpc) is 3.14. The fourth-order valence-electron chi connectivity index (χ4n) is 3.80. The molecule has 164 valence electrons. The number of benzene rings is 2. The van der Waals surface area contributed by atoms with Gasteiger partial charge in [-0.15, -0.1) is 0 Å². The molecule has 4 rings (SSSR count). The third-order valence-corrected chi connectivity index (χ3v) is 5.73. The van der Waals surface area contributed by atoms with Crippen molar-refractivity contribution in [1.82, 2.24) is 14.7 Å². The van der Waals surface area contributed by atoms with Crippen LogP contribution in [-0.2, 0) is 11.2 Å². The molecule has 0 unspecified atom stereocenters. The molecule has 2 aromatic carbocycles. The van der Waals surface area contributed by atoms with Crippen molar-refractivity contribution in [2.75, 3.05) is 6.54 Å². The second kappa shape index (κ2) is 9.58. The van der Waals surface area contributed by atoms with Gasteiger partial charge in [0.15, 0.2) is 0 Å². The molecule has 0 fully saturated rings. The summed E-state index contributed by atoms with van der Waals surface area (Å²) in [4.78, 5) is 17.3. The van der Waals surface area contributed by atoms with Gasteiger partial charge in [-0.25, -0.2) is 4.98 Å². The number of carbonyl (C=O) groups is 1. The van der Waals surface area contributed by atoms with E-state index >= 15 is 0 Å². The van der Waals surface area contributed by atoms with E-state index in [9.17, 15) is 4.79 Å². The lowest BCUT2D eigenvalue weighted by molar-refractivity contribution is -0.121. The number of fused-ring (bicyclic) bond motifs is 1. The average molecular weight is 446 g/mol. The molecule has 2 aromatic heterocycles. The number of hydrogen-bond donors (Lipinski definition) is 1. The van der Waals surface area contributed by atoms with Gasteiger partial charge in [0.1, 0.15) is 5.65 Å². The molecule has 0 radical (unpaired) electrons. The molecule has 0 bridgehead atoms. The van der Waals surface area contributed by atoms with E-state index in [0.29, 0.717) is 30.3 Å². The Labute approximate surface area is 194 Å². The molecule has 0 spiro atoms. The van der Waals surface area contributed by atoms with Crippen LogP contribution in [0.2, 0.25) is 5.02 Å². The van der Waals surface area contributed by atoms with Crippen LogP contribution < -0.4 is 5.32 Å². The molecular formula is C27H28ClN3O. The van der Waals surface area contributed by atoms with Crippen LogP contribution in [0.15, 0.2) is 66.9 Å². The second-order valence-corrected chi connectivity index (χ2v) is 9.06. The minimum Gasteiger partial charge on any atom is -0.356 e. The molecule has 1 amide bonds. The number of imidazole rings is 1. The summed E-state index contributed by atoms with van der Waals surface area (Å²) in [6.07, 6.45) is 3.13. The van der Waals surface area contributed by atoms with Crippen molar-refractivity contribution in [2.45, 2.75) is 33.6 Å². The molecule has 0 saturated carbocycles. The third-order valence-electron chi connectivity index (χ3n) is 5.48. The summed E-state index contributed by atoms with van der Waals surface area (Å²) in [6, 6.07) is 20.3. The first-order chi connectivity index (χ1) is 15.4. The van der Waals surface area contributed by atoms with Crippen LogP contribution in [0.1, 0.15) is 31.5 Å². The maximum Gasteiger partial charge on any atom is 0.220 e. The fraction of sp³-hybridized carbons (Fsp3) is 0.259. The lowest BCUT2D eigenvalue weighted by Crippen LogP contribution is -2.27. The standard InChI is InChI=1S/C27H28ClN3O/c1-18(2)16-29-26(32)14-12-24-27(20-7-10-23(28)11-8-20)30-25-13-9-22(17-31(24)25)21-6-4-5-19(3)15-21/h4-11,13,15,17-18H,12,14,16H2,1-3H3,(H,29,32). The maximum absolute atomic E-state index is 12.4. The number of amides is 1. The molecule has 32 heavy (non-hydrogen) atoms. The van der Waals surface area contributed by atoms with Gasteiger partial charge in [0.25, 0.3) is 0 Å². The number of nitrogens with one attached hydrogen (secondary N) is 1. The quantitative estimate of drug-likeness (QED) is 0.361. The monoisotopic (exact) mass is 445 g/mol. The number of hydrogen-bond acceptors (Lipinski definition) is 2. The summed E-state index contributed by atoms with van der Waals surface area (Å²) in [5.74, 6) is 0.488. The van der Waals surface area contributed by atoms with Crippen LogP contribution in [0.3, 0.4) is 0 Å². The van der Waals surface area contributed by atoms with E-state index in [1.807, 2.05) is 30.3 Å². The summed E-state index contributed by atoms with van der Waals surface area (Å²) in [6.45, 7) is 6.97. The predicted octanol–water partition coefficient (Wildman–Crippen LogP) is 6.33. The van der Waals surface area contributed by atoms with Gasteiger partial charge in [-0.2, -0.15) is 0 Å². The van der Waals surface area contributed by atoms with Crippen molar-refractivity contribution in [2.24, 2.45) is 5.92 Å². The van der Waals surface area contributed by atoms with E-state index < -0.39 is 0 Å². The summed E-state index contributed by atoms with van der Waals surface area (Å²) >= 11 is 6.10. The van der Waals surface area contributed by atoms with Crippen LogP contribution in [0.5, 0.6) is 0 Å². The van der Waals surface area contributed by atoms with Gasteiger partial charge >= 0.3 is 0 Å². The van der Waals surface area contributed by atoms with E-state index in [-0.39, 0.29) is 5.91 Å². The van der Waals surface area contributed by atoms with E-state index in [2.05, 4.69) is 67.0 Å². The summed E-state index contributed by atoms with van der Waals surface area (Å²) < 4.78 is 2.12. The number of nitrogens with zero attached hydrogens (tertiary/aromatic N) is 2. The van der Waals surface area contributed by atoms with Crippen molar-refractivity contribution in [3.8, 4) is 22.4 Å². The minimum atomic E-state index is 0.0607. The van der Waals surface area contributed by atoms with Gasteiger partial charge in [0.05, 0.1) is 11.4 Å². The van der Waals surface area contributed by atoms with Crippen LogP contribution in [0, 0.1) is 12.8 Å². The molecule has 2 heterocycles. The lowest BCUT2D eigenvalue weighted by atomic mass is 10.0. The first kappa shape index (κ1) is 22.1. The Morgan fingerprint density at radius 3 is 2.50 bits per heavy atom. The molecule has 4 nitrogen and oxygen atoms in total. The van der Waals surface area contributed by atoms with Crippen LogP contribution >= 0.6 is 11.6 Å². The zero-order chi connectivity index (χ0) is 22.7. The van der Waals surface area contributed by atoms with Crippen LogP contribution in [-0.4, -0.2) is 21.8 Å². The Bertz CT molecular complexity index is 1240. The van der Waals surface area contributed by atoms with Crippen molar-refractivity contribution in [1.29, 1.82) is 0 Å². The smallest absolute Gasteiger partial charge is 0.220 e. The Morgan fingerprint density at radius 1 is 1.03 bits per heavy atom. The number of rotatable bonds is 7.